The van der Waals surface area contributed by atoms with E-state index < -0.39 is 12.1 Å². The maximum atomic E-state index is 12.6. The number of aryl methyl sites for hydroxylation is 2. The smallest absolute Gasteiger partial charge is 0.343 e. The van der Waals surface area contributed by atoms with Crippen molar-refractivity contribution < 1.29 is 14.3 Å². The van der Waals surface area contributed by atoms with Crippen molar-refractivity contribution in [3.05, 3.63) is 51.8 Å². The van der Waals surface area contributed by atoms with Gasteiger partial charge in [0.15, 0.2) is 6.10 Å². The van der Waals surface area contributed by atoms with Gasteiger partial charge in [-0.15, -0.1) is 0 Å². The third-order valence-electron chi connectivity index (χ3n) is 5.08. The first kappa shape index (κ1) is 20.4. The molecule has 0 unspecified atom stereocenters. The molecule has 0 radical (unpaired) electrons. The minimum absolute atomic E-state index is 0.177. The van der Waals surface area contributed by atoms with Crippen molar-refractivity contribution in [3.8, 4) is 0 Å². The summed E-state index contributed by atoms with van der Waals surface area (Å²) in [5.41, 5.74) is 2.87. The van der Waals surface area contributed by atoms with Crippen molar-refractivity contribution in [2.75, 3.05) is 0 Å². The van der Waals surface area contributed by atoms with Crippen molar-refractivity contribution in [2.24, 2.45) is 0 Å². The number of hydrogen-bond donors (Lipinski definition) is 1. The molecule has 1 fully saturated rings. The molecule has 0 aliphatic heterocycles. The number of halogens is 1. The molecule has 6 nitrogen and oxygen atoms in total. The number of benzene rings is 1. The lowest BCUT2D eigenvalue weighted by Crippen LogP contribution is -2.40. The Morgan fingerprint density at radius 3 is 2.54 bits per heavy atom. The molecular weight excluding hydrogens is 378 g/mol. The summed E-state index contributed by atoms with van der Waals surface area (Å²) in [6.45, 7) is 5.75. The van der Waals surface area contributed by atoms with Crippen LogP contribution in [0.2, 0.25) is 5.15 Å². The highest BCUT2D eigenvalue weighted by Crippen LogP contribution is 2.23. The maximum absolute atomic E-state index is 12.6. The zero-order valence-corrected chi connectivity index (χ0v) is 17.3. The fourth-order valence-electron chi connectivity index (χ4n) is 3.42. The second-order valence-corrected chi connectivity index (χ2v) is 7.79. The predicted molar refractivity (Wildman–Crippen MR) is 108 cm³/mol. The monoisotopic (exact) mass is 403 g/mol. The highest BCUT2D eigenvalue weighted by atomic mass is 35.5. The van der Waals surface area contributed by atoms with E-state index in [0.717, 1.165) is 31.2 Å². The van der Waals surface area contributed by atoms with Crippen LogP contribution < -0.4 is 5.32 Å². The molecule has 1 heterocycles. The van der Waals surface area contributed by atoms with Crippen molar-refractivity contribution in [1.29, 1.82) is 0 Å². The summed E-state index contributed by atoms with van der Waals surface area (Å²) in [6.07, 6.45) is 3.30. The SMILES string of the molecule is Cc1ccc(Cn2nc(C)c(C(=O)O[C@@H](C)C(=O)NC3CCCC3)c2Cl)cc1. The molecule has 28 heavy (non-hydrogen) atoms. The zero-order valence-electron chi connectivity index (χ0n) is 16.5. The second kappa shape index (κ2) is 8.78. The molecule has 150 valence electrons. The van der Waals surface area contributed by atoms with Gasteiger partial charge in [-0.3, -0.25) is 4.79 Å². The van der Waals surface area contributed by atoms with Crippen LogP contribution in [-0.2, 0) is 16.1 Å². The number of carbonyl (C=O) groups is 2. The van der Waals surface area contributed by atoms with Crippen LogP contribution in [0, 0.1) is 13.8 Å². The molecule has 1 aliphatic rings. The van der Waals surface area contributed by atoms with E-state index in [0.29, 0.717) is 12.2 Å². The van der Waals surface area contributed by atoms with Gasteiger partial charge in [-0.25, -0.2) is 9.48 Å². The molecule has 1 aliphatic carbocycles. The Morgan fingerprint density at radius 2 is 1.89 bits per heavy atom. The summed E-state index contributed by atoms with van der Waals surface area (Å²) < 4.78 is 6.93. The standard InChI is InChI=1S/C21H26ClN3O3/c1-13-8-10-16(11-9-13)12-25-19(22)18(14(2)24-25)21(27)28-15(3)20(26)23-17-6-4-5-7-17/h8-11,15,17H,4-7,12H2,1-3H3,(H,23,26)/t15-/m0/s1. The third kappa shape index (κ3) is 4.73. The van der Waals surface area contributed by atoms with Gasteiger partial charge in [0.25, 0.3) is 5.91 Å². The summed E-state index contributed by atoms with van der Waals surface area (Å²) in [4.78, 5) is 24.9. The van der Waals surface area contributed by atoms with Crippen molar-refractivity contribution in [1.82, 2.24) is 15.1 Å². The van der Waals surface area contributed by atoms with Gasteiger partial charge >= 0.3 is 5.97 Å². The molecule has 1 saturated carbocycles. The second-order valence-electron chi connectivity index (χ2n) is 7.43. The normalized spacial score (nSPS) is 15.4. The molecule has 7 heteroatoms. The lowest BCUT2D eigenvalue weighted by atomic mass is 10.1. The van der Waals surface area contributed by atoms with Gasteiger partial charge in [-0.1, -0.05) is 54.3 Å². The van der Waals surface area contributed by atoms with E-state index in [1.165, 1.54) is 5.56 Å². The first-order chi connectivity index (χ1) is 13.3. The van der Waals surface area contributed by atoms with E-state index in [1.54, 1.807) is 18.5 Å². The minimum Gasteiger partial charge on any atom is -0.449 e. The third-order valence-corrected chi connectivity index (χ3v) is 5.46. The topological polar surface area (TPSA) is 73.2 Å². The molecule has 0 bridgehead atoms. The Kier molecular flexibility index (Phi) is 6.39. The van der Waals surface area contributed by atoms with Gasteiger partial charge in [0.2, 0.25) is 0 Å². The number of esters is 1. The molecule has 1 aromatic carbocycles. The van der Waals surface area contributed by atoms with Crippen LogP contribution >= 0.6 is 11.6 Å². The Bertz CT molecular complexity index is 855. The van der Waals surface area contributed by atoms with Gasteiger partial charge in [-0.05, 0) is 39.2 Å². The number of amides is 1. The predicted octanol–water partition coefficient (Wildman–Crippen LogP) is 3.81. The van der Waals surface area contributed by atoms with E-state index in [9.17, 15) is 9.59 Å². The Hall–Kier alpha value is -2.34. The summed E-state index contributed by atoms with van der Waals surface area (Å²) in [6, 6.07) is 8.20. The van der Waals surface area contributed by atoms with E-state index in [1.807, 2.05) is 31.2 Å². The highest BCUT2D eigenvalue weighted by Gasteiger charge is 2.27. The van der Waals surface area contributed by atoms with Gasteiger partial charge in [0.1, 0.15) is 10.7 Å². The van der Waals surface area contributed by atoms with Crippen LogP contribution in [0.15, 0.2) is 24.3 Å². The van der Waals surface area contributed by atoms with Gasteiger partial charge in [0, 0.05) is 6.04 Å². The molecule has 0 spiro atoms. The average Bonchev–Trinajstić information content (AvgIpc) is 3.25. The number of carbonyl (C=O) groups excluding carboxylic acids is 2. The summed E-state index contributed by atoms with van der Waals surface area (Å²) in [7, 11) is 0. The average molecular weight is 404 g/mol. The molecule has 1 N–H and O–H groups in total. The molecule has 0 saturated heterocycles. The van der Waals surface area contributed by atoms with Gasteiger partial charge < -0.3 is 10.1 Å². The first-order valence-corrected chi connectivity index (χ1v) is 10.0. The van der Waals surface area contributed by atoms with Crippen LogP contribution in [0.3, 0.4) is 0 Å². The van der Waals surface area contributed by atoms with Gasteiger partial charge in [-0.2, -0.15) is 5.10 Å². The van der Waals surface area contributed by atoms with Gasteiger partial charge in [0.05, 0.1) is 12.2 Å². The van der Waals surface area contributed by atoms with Crippen LogP contribution in [0.5, 0.6) is 0 Å². The molecule has 1 amide bonds. The summed E-state index contributed by atoms with van der Waals surface area (Å²) in [5, 5.41) is 7.52. The van der Waals surface area contributed by atoms with Crippen molar-refractivity contribution in [3.63, 3.8) is 0 Å². The molecule has 2 aromatic rings. The molecule has 3 rings (SSSR count). The van der Waals surface area contributed by atoms with Crippen LogP contribution in [0.25, 0.3) is 0 Å². The number of nitrogens with one attached hydrogen (secondary N) is 1. The summed E-state index contributed by atoms with van der Waals surface area (Å²) >= 11 is 6.41. The van der Waals surface area contributed by atoms with E-state index in [2.05, 4.69) is 10.4 Å². The fourth-order valence-corrected chi connectivity index (χ4v) is 3.73. The molecule has 1 aromatic heterocycles. The number of aromatic nitrogens is 2. The number of rotatable bonds is 6. The Balaban J connectivity index is 1.66. The maximum Gasteiger partial charge on any atom is 0.343 e. The minimum atomic E-state index is -0.885. The summed E-state index contributed by atoms with van der Waals surface area (Å²) in [5.74, 6) is -0.909. The van der Waals surface area contributed by atoms with E-state index in [4.69, 9.17) is 16.3 Å². The number of ether oxygens (including phenoxy) is 1. The van der Waals surface area contributed by atoms with Crippen LogP contribution in [-0.4, -0.2) is 33.8 Å². The van der Waals surface area contributed by atoms with Crippen LogP contribution in [0.1, 0.15) is 59.8 Å². The lowest BCUT2D eigenvalue weighted by Gasteiger charge is -2.17. The van der Waals surface area contributed by atoms with Crippen molar-refractivity contribution >= 4 is 23.5 Å². The lowest BCUT2D eigenvalue weighted by molar-refractivity contribution is -0.129. The Labute approximate surface area is 170 Å². The molecular formula is C21H26ClN3O3. The zero-order chi connectivity index (χ0) is 20.3. The van der Waals surface area contributed by atoms with E-state index in [-0.39, 0.29) is 22.7 Å². The number of nitrogens with zero attached hydrogens (tertiary/aromatic N) is 2. The number of hydrogen-bond acceptors (Lipinski definition) is 4. The largest absolute Gasteiger partial charge is 0.449 e. The van der Waals surface area contributed by atoms with Crippen LogP contribution in [0.4, 0.5) is 0 Å². The quantitative estimate of drug-likeness (QED) is 0.744. The fraction of sp³-hybridized carbons (Fsp3) is 0.476. The van der Waals surface area contributed by atoms with E-state index >= 15 is 0 Å². The Morgan fingerprint density at radius 1 is 1.25 bits per heavy atom. The highest BCUT2D eigenvalue weighted by molar-refractivity contribution is 6.32. The first-order valence-electron chi connectivity index (χ1n) is 9.65. The molecule has 1 atom stereocenters. The van der Waals surface area contributed by atoms with Crippen molar-refractivity contribution in [2.45, 2.75) is 65.1 Å².